The molecule has 4 rings (SSSR count). The molecule has 1 heteroatoms. The molecule has 3 aromatic carbocycles. The minimum atomic E-state index is 0. The summed E-state index contributed by atoms with van der Waals surface area (Å²) in [6.07, 6.45) is 4.35. The van der Waals surface area contributed by atoms with Crippen molar-refractivity contribution in [2.45, 2.75) is 43.1 Å². The molecule has 0 spiro atoms. The number of hydrogen-bond acceptors (Lipinski definition) is 0. The number of nitrogens with zero attached hydrogens (tertiary/aromatic N) is 1. The fraction of sp³-hybridized carbons (Fsp3) is 0.259. The Labute approximate surface area is 172 Å². The highest BCUT2D eigenvalue weighted by Crippen LogP contribution is 2.30. The van der Waals surface area contributed by atoms with Crippen molar-refractivity contribution in [3.63, 3.8) is 0 Å². The number of aryl methyl sites for hydroxylation is 2. The average molecular weight is 376 g/mol. The van der Waals surface area contributed by atoms with Gasteiger partial charge in [-0.25, -0.2) is 0 Å². The monoisotopic (exact) mass is 375 g/mol. The number of hydrogen-bond donors (Lipinski definition) is 0. The molecule has 0 fully saturated rings. The number of benzene rings is 3. The van der Waals surface area contributed by atoms with E-state index >= 15 is 0 Å². The van der Waals surface area contributed by atoms with Crippen molar-refractivity contribution in [1.29, 1.82) is 0 Å². The van der Waals surface area contributed by atoms with E-state index in [9.17, 15) is 0 Å². The molecular formula is C27H37N. The first-order chi connectivity index (χ1) is 12.2. The Morgan fingerprint density at radius 2 is 1.18 bits per heavy atom. The van der Waals surface area contributed by atoms with E-state index < -0.39 is 0 Å². The lowest BCUT2D eigenvalue weighted by atomic mass is 10.1. The highest BCUT2D eigenvalue weighted by molar-refractivity contribution is 6.08. The summed E-state index contributed by atoms with van der Waals surface area (Å²) in [4.78, 5) is 0. The second-order valence-electron chi connectivity index (χ2n) is 6.10. The normalized spacial score (nSPS) is 9.86. The third-order valence-corrected chi connectivity index (χ3v) is 4.45. The SMILES string of the molecule is C.C.C.CC.Cc1ccc2c(c1)c1cc(C=Cc3ccccc3)ccc1n2C. The quantitative estimate of drug-likeness (QED) is 0.309. The van der Waals surface area contributed by atoms with Gasteiger partial charge >= 0.3 is 0 Å². The minimum Gasteiger partial charge on any atom is -0.344 e. The lowest BCUT2D eigenvalue weighted by Crippen LogP contribution is -1.86. The van der Waals surface area contributed by atoms with Gasteiger partial charge in [-0.1, -0.05) is 96.3 Å². The summed E-state index contributed by atoms with van der Waals surface area (Å²) < 4.78 is 2.27. The summed E-state index contributed by atoms with van der Waals surface area (Å²) in [6, 6.07) is 23.8. The van der Waals surface area contributed by atoms with E-state index in [0.717, 1.165) is 0 Å². The van der Waals surface area contributed by atoms with Crippen molar-refractivity contribution < 1.29 is 0 Å². The molecule has 0 atom stereocenters. The second kappa shape index (κ2) is 11.1. The average Bonchev–Trinajstić information content (AvgIpc) is 2.94. The fourth-order valence-electron chi connectivity index (χ4n) is 3.21. The van der Waals surface area contributed by atoms with Gasteiger partial charge in [0.15, 0.2) is 0 Å². The van der Waals surface area contributed by atoms with Gasteiger partial charge in [0, 0.05) is 28.9 Å². The molecule has 0 radical (unpaired) electrons. The first-order valence-electron chi connectivity index (χ1n) is 8.94. The maximum atomic E-state index is 2.29. The molecule has 0 unspecified atom stereocenters. The molecule has 0 aliphatic carbocycles. The molecule has 1 nitrogen and oxygen atoms in total. The van der Waals surface area contributed by atoms with Gasteiger partial charge in [-0.15, -0.1) is 0 Å². The van der Waals surface area contributed by atoms with Crippen molar-refractivity contribution in [3.05, 3.63) is 83.4 Å². The first kappa shape index (κ1) is 25.2. The molecule has 150 valence electrons. The highest BCUT2D eigenvalue weighted by Gasteiger charge is 2.08. The van der Waals surface area contributed by atoms with Gasteiger partial charge in [0.1, 0.15) is 0 Å². The summed E-state index contributed by atoms with van der Waals surface area (Å²) in [6.45, 7) is 6.15. The molecule has 0 aliphatic heterocycles. The van der Waals surface area contributed by atoms with Crippen LogP contribution in [0.5, 0.6) is 0 Å². The van der Waals surface area contributed by atoms with E-state index in [4.69, 9.17) is 0 Å². The van der Waals surface area contributed by atoms with E-state index in [0.29, 0.717) is 0 Å². The Hall–Kier alpha value is -2.80. The van der Waals surface area contributed by atoms with Crippen LogP contribution in [0.15, 0.2) is 66.7 Å². The Morgan fingerprint density at radius 1 is 0.643 bits per heavy atom. The molecule has 0 aliphatic rings. The minimum absolute atomic E-state index is 0. The first-order valence-corrected chi connectivity index (χ1v) is 8.94. The molecular weight excluding hydrogens is 338 g/mol. The highest BCUT2D eigenvalue weighted by atomic mass is 14.9. The topological polar surface area (TPSA) is 4.93 Å². The summed E-state index contributed by atoms with van der Waals surface area (Å²) >= 11 is 0. The van der Waals surface area contributed by atoms with Crippen LogP contribution in [-0.2, 0) is 7.05 Å². The standard InChI is InChI=1S/C22H19N.C2H6.3CH4/c1-16-8-12-21-19(14-16)20-15-18(11-13-22(20)23(21)2)10-9-17-6-4-3-5-7-17;1-2;;;/h3-15H,1-2H3;1-2H3;3*1H4. The molecule has 4 aromatic rings. The number of rotatable bonds is 2. The van der Waals surface area contributed by atoms with Gasteiger partial charge in [-0.3, -0.25) is 0 Å². The summed E-state index contributed by atoms with van der Waals surface area (Å²) in [5, 5.41) is 2.65. The van der Waals surface area contributed by atoms with E-state index in [-0.39, 0.29) is 22.3 Å². The van der Waals surface area contributed by atoms with Crippen molar-refractivity contribution >= 4 is 34.0 Å². The number of fused-ring (bicyclic) bond motifs is 3. The predicted octanol–water partition coefficient (Wildman–Crippen LogP) is 8.74. The summed E-state index contributed by atoms with van der Waals surface area (Å²) in [5.74, 6) is 0. The van der Waals surface area contributed by atoms with E-state index in [1.165, 1.54) is 38.5 Å². The lowest BCUT2D eigenvalue weighted by molar-refractivity contribution is 1.01. The maximum Gasteiger partial charge on any atom is 0.0489 e. The zero-order chi connectivity index (χ0) is 17.8. The molecule has 28 heavy (non-hydrogen) atoms. The van der Waals surface area contributed by atoms with Crippen molar-refractivity contribution in [2.24, 2.45) is 7.05 Å². The second-order valence-corrected chi connectivity index (χ2v) is 6.10. The van der Waals surface area contributed by atoms with Gasteiger partial charge in [0.2, 0.25) is 0 Å². The van der Waals surface area contributed by atoms with Crippen LogP contribution < -0.4 is 0 Å². The van der Waals surface area contributed by atoms with E-state index in [1.807, 2.05) is 19.9 Å². The zero-order valence-electron chi connectivity index (χ0n) is 15.5. The van der Waals surface area contributed by atoms with Gasteiger partial charge in [-0.05, 0) is 42.3 Å². The maximum absolute atomic E-state index is 2.29. The summed E-state index contributed by atoms with van der Waals surface area (Å²) in [7, 11) is 2.14. The van der Waals surface area contributed by atoms with Crippen LogP contribution in [0.3, 0.4) is 0 Å². The number of aromatic nitrogens is 1. The largest absolute Gasteiger partial charge is 0.344 e. The van der Waals surface area contributed by atoms with Crippen LogP contribution in [0.1, 0.15) is 52.8 Å². The van der Waals surface area contributed by atoms with Crippen LogP contribution in [0.25, 0.3) is 34.0 Å². The fourth-order valence-corrected chi connectivity index (χ4v) is 3.21. The van der Waals surface area contributed by atoms with E-state index in [2.05, 4.69) is 91.4 Å². The third-order valence-electron chi connectivity index (χ3n) is 4.45. The van der Waals surface area contributed by atoms with Gasteiger partial charge in [0.05, 0.1) is 0 Å². The van der Waals surface area contributed by atoms with Crippen LogP contribution >= 0.6 is 0 Å². The molecule has 0 bridgehead atoms. The Morgan fingerprint density at radius 3 is 1.82 bits per heavy atom. The third kappa shape index (κ3) is 4.92. The Balaban J connectivity index is 0.00000141. The predicted molar refractivity (Wildman–Crippen MR) is 132 cm³/mol. The molecule has 1 aromatic heterocycles. The molecule has 0 saturated heterocycles. The lowest BCUT2D eigenvalue weighted by Gasteiger charge is -1.99. The molecule has 0 N–H and O–H groups in total. The van der Waals surface area contributed by atoms with E-state index in [1.54, 1.807) is 0 Å². The smallest absolute Gasteiger partial charge is 0.0489 e. The molecule has 0 saturated carbocycles. The Kier molecular flexibility index (Phi) is 10.0. The molecule has 1 heterocycles. The van der Waals surface area contributed by atoms with Crippen molar-refractivity contribution in [1.82, 2.24) is 4.57 Å². The molecule has 0 amide bonds. The van der Waals surface area contributed by atoms with Crippen LogP contribution in [-0.4, -0.2) is 4.57 Å². The summed E-state index contributed by atoms with van der Waals surface area (Å²) in [5.41, 5.74) is 6.32. The van der Waals surface area contributed by atoms with Crippen LogP contribution in [0.4, 0.5) is 0 Å². The van der Waals surface area contributed by atoms with Crippen molar-refractivity contribution in [3.8, 4) is 0 Å². The van der Waals surface area contributed by atoms with Gasteiger partial charge in [0.25, 0.3) is 0 Å². The van der Waals surface area contributed by atoms with Crippen molar-refractivity contribution in [2.75, 3.05) is 0 Å². The van der Waals surface area contributed by atoms with Gasteiger partial charge < -0.3 is 4.57 Å². The Bertz CT molecular complexity index is 1020. The van der Waals surface area contributed by atoms with Crippen LogP contribution in [0, 0.1) is 6.92 Å². The zero-order valence-corrected chi connectivity index (χ0v) is 15.5. The van der Waals surface area contributed by atoms with Gasteiger partial charge in [-0.2, -0.15) is 0 Å². The van der Waals surface area contributed by atoms with Crippen LogP contribution in [0.2, 0.25) is 0 Å².